The molecule has 2 aromatic rings. The number of nitro benzene ring substituents is 1. The van der Waals surface area contributed by atoms with Crippen LogP contribution in [0.3, 0.4) is 0 Å². The van der Waals surface area contributed by atoms with Crippen LogP contribution < -0.4 is 0 Å². The first-order valence-corrected chi connectivity index (χ1v) is 8.87. The van der Waals surface area contributed by atoms with E-state index in [4.69, 9.17) is 23.2 Å². The second kappa shape index (κ2) is 7.49. The van der Waals surface area contributed by atoms with Crippen LogP contribution in [0.15, 0.2) is 47.4 Å². The van der Waals surface area contributed by atoms with E-state index >= 15 is 0 Å². The van der Waals surface area contributed by atoms with Crippen molar-refractivity contribution in [3.05, 3.63) is 78.7 Å². The predicted molar refractivity (Wildman–Crippen MR) is 101 cm³/mol. The van der Waals surface area contributed by atoms with Crippen LogP contribution >= 0.6 is 35.0 Å². The van der Waals surface area contributed by atoms with Crippen molar-refractivity contribution < 1.29 is 14.5 Å². The highest BCUT2D eigenvalue weighted by atomic mass is 35.5. The zero-order chi connectivity index (χ0) is 18.8. The lowest BCUT2D eigenvalue weighted by Crippen LogP contribution is -2.27. The van der Waals surface area contributed by atoms with Gasteiger partial charge in [-0.05, 0) is 41.6 Å². The molecule has 0 N–H and O–H groups in total. The maximum atomic E-state index is 12.6. The molecule has 0 bridgehead atoms. The van der Waals surface area contributed by atoms with Crippen LogP contribution in [0.25, 0.3) is 6.08 Å². The first-order chi connectivity index (χ1) is 12.4. The van der Waals surface area contributed by atoms with Crippen LogP contribution in [-0.2, 0) is 11.3 Å². The summed E-state index contributed by atoms with van der Waals surface area (Å²) in [7, 11) is 0. The van der Waals surface area contributed by atoms with Gasteiger partial charge in [-0.2, -0.15) is 0 Å². The molecule has 1 aliphatic heterocycles. The number of imide groups is 1. The van der Waals surface area contributed by atoms with Gasteiger partial charge < -0.3 is 0 Å². The first-order valence-electron chi connectivity index (χ1n) is 7.29. The Labute approximate surface area is 162 Å². The third kappa shape index (κ3) is 3.75. The quantitative estimate of drug-likeness (QED) is 0.397. The summed E-state index contributed by atoms with van der Waals surface area (Å²) in [5, 5.41) is 11.4. The number of nitrogens with zero attached hydrogens (tertiary/aromatic N) is 2. The van der Waals surface area contributed by atoms with Crippen LogP contribution in [0, 0.1) is 10.1 Å². The molecule has 0 saturated carbocycles. The highest BCUT2D eigenvalue weighted by Crippen LogP contribution is 2.35. The third-order valence-corrected chi connectivity index (χ3v) is 5.13. The Hall–Kier alpha value is -2.35. The molecule has 2 amide bonds. The van der Waals surface area contributed by atoms with Crippen molar-refractivity contribution in [3.63, 3.8) is 0 Å². The second-order valence-electron chi connectivity index (χ2n) is 5.32. The molecule has 0 atom stereocenters. The Balaban J connectivity index is 1.89. The minimum absolute atomic E-state index is 0.00507. The summed E-state index contributed by atoms with van der Waals surface area (Å²) in [5.74, 6) is -0.524. The van der Waals surface area contributed by atoms with E-state index in [0.717, 1.165) is 16.7 Å². The van der Waals surface area contributed by atoms with Crippen LogP contribution in [0.5, 0.6) is 0 Å². The summed E-state index contributed by atoms with van der Waals surface area (Å²) in [5.41, 5.74) is 0.692. The standard InChI is InChI=1S/C17H10Cl2N2O4S/c18-12-6-5-11(13(19)8-12)9-20-16(22)15(26-17(20)23)7-10-3-1-2-4-14(10)21(24)25/h1-8H,9H2/b15-7+. The number of carbonyl (C=O) groups is 2. The fourth-order valence-corrected chi connectivity index (χ4v) is 3.67. The molecule has 1 heterocycles. The summed E-state index contributed by atoms with van der Waals surface area (Å²) in [4.78, 5) is 36.5. The topological polar surface area (TPSA) is 80.5 Å². The van der Waals surface area contributed by atoms with E-state index in [9.17, 15) is 19.7 Å². The molecule has 1 saturated heterocycles. The van der Waals surface area contributed by atoms with Crippen LogP contribution in [0.1, 0.15) is 11.1 Å². The van der Waals surface area contributed by atoms with Gasteiger partial charge in [-0.15, -0.1) is 0 Å². The molecule has 3 rings (SSSR count). The predicted octanol–water partition coefficient (Wildman–Crippen LogP) is 5.14. The number of halogens is 2. The molecule has 0 aromatic heterocycles. The Morgan fingerprint density at radius 1 is 1.15 bits per heavy atom. The summed E-state index contributed by atoms with van der Waals surface area (Å²) in [6.45, 7) is -0.00507. The van der Waals surface area contributed by atoms with Crippen LogP contribution in [0.4, 0.5) is 10.5 Å². The zero-order valence-corrected chi connectivity index (χ0v) is 15.3. The molecule has 0 unspecified atom stereocenters. The molecule has 0 aliphatic carbocycles. The first kappa shape index (κ1) is 18.4. The maximum Gasteiger partial charge on any atom is 0.293 e. The molecule has 0 spiro atoms. The van der Waals surface area contributed by atoms with E-state index in [1.807, 2.05) is 0 Å². The van der Waals surface area contributed by atoms with Crippen molar-refractivity contribution in [2.75, 3.05) is 0 Å². The number of rotatable bonds is 4. The van der Waals surface area contributed by atoms with E-state index in [0.29, 0.717) is 15.6 Å². The van der Waals surface area contributed by atoms with Gasteiger partial charge in [-0.1, -0.05) is 41.4 Å². The zero-order valence-electron chi connectivity index (χ0n) is 13.0. The monoisotopic (exact) mass is 408 g/mol. The Morgan fingerprint density at radius 2 is 1.88 bits per heavy atom. The summed E-state index contributed by atoms with van der Waals surface area (Å²) in [6, 6.07) is 10.8. The molecule has 1 fully saturated rings. The van der Waals surface area contributed by atoms with Crippen molar-refractivity contribution in [2.45, 2.75) is 6.54 Å². The Kier molecular flexibility index (Phi) is 5.31. The van der Waals surface area contributed by atoms with Crippen LogP contribution in [0.2, 0.25) is 10.0 Å². The number of benzene rings is 2. The number of carbonyl (C=O) groups excluding carboxylic acids is 2. The van der Waals surface area contributed by atoms with E-state index in [-0.39, 0.29) is 22.7 Å². The van der Waals surface area contributed by atoms with Crippen molar-refractivity contribution in [3.8, 4) is 0 Å². The molecule has 6 nitrogen and oxygen atoms in total. The number of hydrogen-bond donors (Lipinski definition) is 0. The van der Waals surface area contributed by atoms with Crippen molar-refractivity contribution in [1.29, 1.82) is 0 Å². The summed E-state index contributed by atoms with van der Waals surface area (Å²) < 4.78 is 0. The Morgan fingerprint density at radius 3 is 2.58 bits per heavy atom. The number of amides is 2. The van der Waals surface area contributed by atoms with Gasteiger partial charge in [0.1, 0.15) is 0 Å². The van der Waals surface area contributed by atoms with Gasteiger partial charge in [0.2, 0.25) is 0 Å². The largest absolute Gasteiger partial charge is 0.293 e. The fraction of sp³-hybridized carbons (Fsp3) is 0.0588. The molecule has 2 aromatic carbocycles. The van der Waals surface area contributed by atoms with Gasteiger partial charge >= 0.3 is 0 Å². The lowest BCUT2D eigenvalue weighted by atomic mass is 10.1. The average molecular weight is 409 g/mol. The van der Waals surface area contributed by atoms with Gasteiger partial charge in [-0.25, -0.2) is 0 Å². The lowest BCUT2D eigenvalue weighted by Gasteiger charge is -2.13. The van der Waals surface area contributed by atoms with Gasteiger partial charge in [-0.3, -0.25) is 24.6 Å². The summed E-state index contributed by atoms with van der Waals surface area (Å²) in [6.07, 6.45) is 1.35. The minimum atomic E-state index is -0.538. The molecule has 9 heteroatoms. The van der Waals surface area contributed by atoms with Gasteiger partial charge in [0.15, 0.2) is 0 Å². The van der Waals surface area contributed by atoms with Crippen molar-refractivity contribution in [2.24, 2.45) is 0 Å². The third-order valence-electron chi connectivity index (χ3n) is 3.64. The molecule has 132 valence electrons. The molecule has 0 radical (unpaired) electrons. The van der Waals surface area contributed by atoms with Gasteiger partial charge in [0, 0.05) is 16.1 Å². The number of hydrogen-bond acceptors (Lipinski definition) is 5. The molecule has 1 aliphatic rings. The maximum absolute atomic E-state index is 12.6. The minimum Gasteiger partial charge on any atom is -0.268 e. The molecular formula is C17H10Cl2N2O4S. The van der Waals surface area contributed by atoms with E-state index in [1.165, 1.54) is 30.3 Å². The van der Waals surface area contributed by atoms with E-state index in [2.05, 4.69) is 0 Å². The van der Waals surface area contributed by atoms with E-state index < -0.39 is 16.1 Å². The smallest absolute Gasteiger partial charge is 0.268 e. The normalized spacial score (nSPS) is 15.8. The van der Waals surface area contributed by atoms with E-state index in [1.54, 1.807) is 18.2 Å². The highest BCUT2D eigenvalue weighted by Gasteiger charge is 2.35. The van der Waals surface area contributed by atoms with Crippen LogP contribution in [-0.4, -0.2) is 21.0 Å². The molecule has 26 heavy (non-hydrogen) atoms. The van der Waals surface area contributed by atoms with Gasteiger partial charge in [0.25, 0.3) is 16.8 Å². The highest BCUT2D eigenvalue weighted by molar-refractivity contribution is 8.18. The van der Waals surface area contributed by atoms with Gasteiger partial charge in [0.05, 0.1) is 21.9 Å². The Bertz CT molecular complexity index is 962. The average Bonchev–Trinajstić information content (AvgIpc) is 2.85. The second-order valence-corrected chi connectivity index (χ2v) is 7.16. The van der Waals surface area contributed by atoms with Crippen molar-refractivity contribution in [1.82, 2.24) is 4.90 Å². The molecular weight excluding hydrogens is 399 g/mol. The SMILES string of the molecule is O=C1S/C(=C/c2ccccc2[N+](=O)[O-])C(=O)N1Cc1ccc(Cl)cc1Cl. The lowest BCUT2D eigenvalue weighted by molar-refractivity contribution is -0.385. The number of para-hydroxylation sites is 1. The number of nitro groups is 1. The van der Waals surface area contributed by atoms with Crippen molar-refractivity contribution >= 4 is 57.9 Å². The fourth-order valence-electron chi connectivity index (χ4n) is 2.37. The summed E-state index contributed by atoms with van der Waals surface area (Å²) >= 11 is 12.7. The number of thioether (sulfide) groups is 1.